The third kappa shape index (κ3) is 5.66. The monoisotopic (exact) mass is 434 g/mol. The zero-order valence-electron chi connectivity index (χ0n) is 17.0. The van der Waals surface area contributed by atoms with Gasteiger partial charge in [0.25, 0.3) is 11.8 Å². The van der Waals surface area contributed by atoms with Gasteiger partial charge in [-0.2, -0.15) is 0 Å². The van der Waals surface area contributed by atoms with E-state index in [0.29, 0.717) is 11.3 Å². The zero-order chi connectivity index (χ0) is 22.9. The van der Waals surface area contributed by atoms with Crippen molar-refractivity contribution >= 4 is 29.3 Å². The Kier molecular flexibility index (Phi) is 7.48. The molecule has 3 rings (SSSR count). The van der Waals surface area contributed by atoms with Crippen LogP contribution in [0.15, 0.2) is 91.0 Å². The number of hydrogen-bond donors (Lipinski definition) is 2. The molecular weight excluding hydrogens is 414 g/mol. The highest BCUT2D eigenvalue weighted by Gasteiger charge is 2.21. The van der Waals surface area contributed by atoms with Crippen LogP contribution >= 0.6 is 0 Å². The third-order valence-corrected chi connectivity index (χ3v) is 4.31. The van der Waals surface area contributed by atoms with Crippen LogP contribution in [0.1, 0.15) is 5.56 Å². The van der Waals surface area contributed by atoms with Crippen molar-refractivity contribution in [2.24, 2.45) is 0 Å². The van der Waals surface area contributed by atoms with Gasteiger partial charge in [-0.3, -0.25) is 9.59 Å². The minimum Gasteiger partial charge on any atom is -0.489 e. The number of halogens is 2. The Balaban J connectivity index is 1.99. The van der Waals surface area contributed by atoms with E-state index in [0.717, 1.165) is 0 Å². The van der Waals surface area contributed by atoms with Crippen molar-refractivity contribution in [3.63, 3.8) is 0 Å². The summed E-state index contributed by atoms with van der Waals surface area (Å²) in [7, 11) is 0. The van der Waals surface area contributed by atoms with Crippen LogP contribution in [0, 0.1) is 11.6 Å². The maximum atomic E-state index is 14.0. The largest absolute Gasteiger partial charge is 0.489 e. The van der Waals surface area contributed by atoms with Gasteiger partial charge in [0.05, 0.1) is 11.4 Å². The Morgan fingerprint density at radius 3 is 1.84 bits per heavy atom. The molecule has 162 valence electrons. The van der Waals surface area contributed by atoms with E-state index in [1.807, 2.05) is 0 Å². The van der Waals surface area contributed by atoms with Crippen molar-refractivity contribution in [1.29, 1.82) is 0 Å². The lowest BCUT2D eigenvalue weighted by Crippen LogP contribution is -2.26. The molecule has 5 nitrogen and oxygen atoms in total. The van der Waals surface area contributed by atoms with Gasteiger partial charge in [-0.25, -0.2) is 8.78 Å². The number of nitrogens with one attached hydrogen (secondary N) is 2. The van der Waals surface area contributed by atoms with Crippen molar-refractivity contribution in [2.45, 2.75) is 0 Å². The van der Waals surface area contributed by atoms with Crippen LogP contribution in [0.5, 0.6) is 5.75 Å². The van der Waals surface area contributed by atoms with Gasteiger partial charge in [-0.15, -0.1) is 0 Å². The summed E-state index contributed by atoms with van der Waals surface area (Å²) in [6, 6.07) is 17.8. The van der Waals surface area contributed by atoms with E-state index in [4.69, 9.17) is 4.74 Å². The molecule has 0 aromatic heterocycles. The molecule has 2 N–H and O–H groups in total. The second kappa shape index (κ2) is 10.7. The summed E-state index contributed by atoms with van der Waals surface area (Å²) in [5.74, 6) is -2.67. The van der Waals surface area contributed by atoms with Crippen molar-refractivity contribution in [2.75, 3.05) is 17.2 Å². The number of hydrogen-bond acceptors (Lipinski definition) is 3. The highest BCUT2D eigenvalue weighted by molar-refractivity contribution is 6.29. The van der Waals surface area contributed by atoms with Crippen LogP contribution in [0.2, 0.25) is 0 Å². The molecule has 0 bridgehead atoms. The molecule has 2 amide bonds. The zero-order valence-corrected chi connectivity index (χ0v) is 17.0. The van der Waals surface area contributed by atoms with Crippen LogP contribution in [-0.4, -0.2) is 18.4 Å². The molecule has 0 aliphatic rings. The van der Waals surface area contributed by atoms with Gasteiger partial charge in [0.15, 0.2) is 0 Å². The van der Waals surface area contributed by atoms with Crippen LogP contribution in [0.25, 0.3) is 6.08 Å². The summed E-state index contributed by atoms with van der Waals surface area (Å²) in [5, 5.41) is 4.76. The summed E-state index contributed by atoms with van der Waals surface area (Å²) in [6.45, 7) is 3.80. The number of benzene rings is 3. The second-order valence-corrected chi connectivity index (χ2v) is 6.56. The molecule has 3 aromatic carbocycles. The molecule has 0 radical (unpaired) electrons. The van der Waals surface area contributed by atoms with Crippen LogP contribution in [-0.2, 0) is 9.59 Å². The minimum atomic E-state index is -0.873. The normalized spacial score (nSPS) is 10.1. The summed E-state index contributed by atoms with van der Waals surface area (Å²) in [6.07, 6.45) is 2.85. The lowest BCUT2D eigenvalue weighted by molar-refractivity contribution is -0.118. The standard InChI is InChI=1S/C25H20F2N2O3/c1-2-15-32-23-14-8-3-9-17(23)16-18(24(30)28-21-12-6-4-10-19(21)26)25(31)29-22-13-7-5-11-20(22)27/h2-14,16H,1,15H2,(H,28,30)(H,29,31). The molecule has 32 heavy (non-hydrogen) atoms. The van der Waals surface area contributed by atoms with Gasteiger partial charge in [0.2, 0.25) is 0 Å². The predicted octanol–water partition coefficient (Wildman–Crippen LogP) is 5.19. The first kappa shape index (κ1) is 22.4. The van der Waals surface area contributed by atoms with Crippen molar-refractivity contribution < 1.29 is 23.1 Å². The first-order chi connectivity index (χ1) is 15.5. The molecule has 0 fully saturated rings. The number of carbonyl (C=O) groups is 2. The van der Waals surface area contributed by atoms with Crippen molar-refractivity contribution in [1.82, 2.24) is 0 Å². The molecule has 7 heteroatoms. The van der Waals surface area contributed by atoms with E-state index in [2.05, 4.69) is 17.2 Å². The lowest BCUT2D eigenvalue weighted by atomic mass is 10.1. The fourth-order valence-electron chi connectivity index (χ4n) is 2.77. The summed E-state index contributed by atoms with van der Waals surface area (Å²) in [5.41, 5.74) is -0.139. The molecule has 0 unspecified atom stereocenters. The van der Waals surface area contributed by atoms with E-state index in [1.54, 1.807) is 42.5 Å². The lowest BCUT2D eigenvalue weighted by Gasteiger charge is -2.13. The van der Waals surface area contributed by atoms with Crippen LogP contribution in [0.3, 0.4) is 0 Å². The predicted molar refractivity (Wildman–Crippen MR) is 120 cm³/mol. The minimum absolute atomic E-state index is 0.0988. The Labute approximate surface area is 184 Å². The van der Waals surface area contributed by atoms with Crippen LogP contribution in [0.4, 0.5) is 20.2 Å². The average molecular weight is 434 g/mol. The van der Waals surface area contributed by atoms with Crippen molar-refractivity contribution in [3.8, 4) is 5.75 Å². The summed E-state index contributed by atoms with van der Waals surface area (Å²) < 4.78 is 33.6. The maximum absolute atomic E-state index is 14.0. The Hall–Kier alpha value is -4.26. The van der Waals surface area contributed by atoms with E-state index in [1.165, 1.54) is 42.5 Å². The first-order valence-electron chi connectivity index (χ1n) is 9.65. The van der Waals surface area contributed by atoms with Crippen LogP contribution < -0.4 is 15.4 Å². The Morgan fingerprint density at radius 2 is 1.31 bits per heavy atom. The van der Waals surface area contributed by atoms with Gasteiger partial charge < -0.3 is 15.4 Å². The van der Waals surface area contributed by atoms with Crippen molar-refractivity contribution in [3.05, 3.63) is 108 Å². The smallest absolute Gasteiger partial charge is 0.261 e. The number of carbonyl (C=O) groups excluding carboxylic acids is 2. The quantitative estimate of drug-likeness (QED) is 0.222. The maximum Gasteiger partial charge on any atom is 0.261 e. The fraction of sp³-hybridized carbons (Fsp3) is 0.0400. The molecular formula is C25H20F2N2O3. The molecule has 3 aromatic rings. The molecule has 0 heterocycles. The molecule has 0 spiro atoms. The third-order valence-electron chi connectivity index (χ3n) is 4.31. The van der Waals surface area contributed by atoms with Gasteiger partial charge >= 0.3 is 0 Å². The summed E-state index contributed by atoms with van der Waals surface area (Å²) in [4.78, 5) is 25.9. The van der Waals surface area contributed by atoms with Gasteiger partial charge in [-0.05, 0) is 36.4 Å². The van der Waals surface area contributed by atoms with E-state index in [9.17, 15) is 18.4 Å². The second-order valence-electron chi connectivity index (χ2n) is 6.56. The molecule has 0 aliphatic carbocycles. The SMILES string of the molecule is C=CCOc1ccccc1C=C(C(=O)Nc1ccccc1F)C(=O)Nc1ccccc1F. The number of ether oxygens (including phenoxy) is 1. The van der Waals surface area contributed by atoms with Gasteiger partial charge in [-0.1, -0.05) is 55.1 Å². The van der Waals surface area contributed by atoms with E-state index < -0.39 is 23.4 Å². The highest BCUT2D eigenvalue weighted by atomic mass is 19.1. The molecule has 0 atom stereocenters. The van der Waals surface area contributed by atoms with E-state index in [-0.39, 0.29) is 23.6 Å². The number of amides is 2. The molecule has 0 saturated heterocycles. The topological polar surface area (TPSA) is 67.4 Å². The highest BCUT2D eigenvalue weighted by Crippen LogP contribution is 2.23. The van der Waals surface area contributed by atoms with E-state index >= 15 is 0 Å². The first-order valence-corrected chi connectivity index (χ1v) is 9.65. The number of anilines is 2. The number of para-hydroxylation sites is 3. The molecule has 0 aliphatic heterocycles. The Bertz CT molecular complexity index is 1110. The molecule has 0 saturated carbocycles. The van der Waals surface area contributed by atoms with Gasteiger partial charge in [0, 0.05) is 5.56 Å². The fourth-order valence-corrected chi connectivity index (χ4v) is 2.77. The average Bonchev–Trinajstić information content (AvgIpc) is 2.79. The number of rotatable bonds is 8. The van der Waals surface area contributed by atoms with Gasteiger partial charge in [0.1, 0.15) is 29.6 Å². The summed E-state index contributed by atoms with van der Waals surface area (Å²) >= 11 is 0. The Morgan fingerprint density at radius 1 is 0.812 bits per heavy atom.